The number of ketones is 1. The number of nitrogens with two attached hydrogens (primary N) is 1. The molecule has 0 spiro atoms. The lowest BCUT2D eigenvalue weighted by molar-refractivity contribution is -0.153. The van der Waals surface area contributed by atoms with Crippen molar-refractivity contribution in [1.29, 1.82) is 5.41 Å². The Morgan fingerprint density at radius 2 is 1.77 bits per heavy atom. The number of likely N-dealkylation sites (tertiary alicyclic amines) is 1. The van der Waals surface area contributed by atoms with Crippen molar-refractivity contribution < 1.29 is 14.3 Å². The van der Waals surface area contributed by atoms with Crippen LogP contribution in [0.4, 0.5) is 5.69 Å². The van der Waals surface area contributed by atoms with Gasteiger partial charge in [0, 0.05) is 43.7 Å². The van der Waals surface area contributed by atoms with E-state index in [1.54, 1.807) is 20.8 Å². The molecule has 0 radical (unpaired) electrons. The lowest BCUT2D eigenvalue weighted by atomic mass is 10.0. The number of nitrogens with one attached hydrogen (secondary N) is 2. The van der Waals surface area contributed by atoms with Gasteiger partial charge in [-0.1, -0.05) is 18.2 Å². The lowest BCUT2D eigenvalue weighted by Gasteiger charge is -2.24. The molecule has 0 saturated carbocycles. The molecule has 0 aliphatic carbocycles. The first-order chi connectivity index (χ1) is 14.6. The smallest absolute Gasteiger partial charge is 0.327 e. The van der Waals surface area contributed by atoms with Crippen LogP contribution >= 0.6 is 0 Å². The first kappa shape index (κ1) is 22.6. The highest BCUT2D eigenvalue weighted by molar-refractivity contribution is 6.41. The number of hydrazone groups is 1. The number of carbonyl (C=O) groups excluding carboxylic acids is 2. The summed E-state index contributed by atoms with van der Waals surface area (Å²) in [6.45, 7) is 8.59. The molecule has 2 aliphatic heterocycles. The molecule has 0 amide bonds. The maximum Gasteiger partial charge on any atom is 0.327 e. The second kappa shape index (κ2) is 9.36. The zero-order valence-electron chi connectivity index (χ0n) is 18.4. The molecule has 4 N–H and O–H groups in total. The summed E-state index contributed by atoms with van der Waals surface area (Å²) in [7, 11) is 0. The minimum Gasteiger partial charge on any atom is -0.459 e. The van der Waals surface area contributed by atoms with Gasteiger partial charge in [0.2, 0.25) is 5.78 Å². The van der Waals surface area contributed by atoms with E-state index >= 15 is 0 Å². The molecular formula is C22H32N6O3. The van der Waals surface area contributed by atoms with Gasteiger partial charge in [-0.15, -0.1) is 0 Å². The SMILES string of the molecule is CC(C)(C)OC(=O)CNN=C(N)C(=O)CC(=N)N1CC2CN(c3ccccc3)CC2C1. The molecule has 9 heteroatoms. The molecule has 1 aromatic carbocycles. The van der Waals surface area contributed by atoms with Gasteiger partial charge in [0.25, 0.3) is 0 Å². The van der Waals surface area contributed by atoms with Gasteiger partial charge in [0.15, 0.2) is 5.84 Å². The molecule has 1 aromatic rings. The van der Waals surface area contributed by atoms with E-state index in [1.807, 2.05) is 23.1 Å². The number of esters is 1. The second-order valence-electron chi connectivity index (χ2n) is 9.13. The minimum absolute atomic E-state index is 0.106. The fourth-order valence-corrected chi connectivity index (χ4v) is 4.05. The molecule has 3 rings (SSSR count). The Kier molecular flexibility index (Phi) is 6.82. The number of Topliss-reactive ketones (excluding diaryl/α,β-unsaturated/α-hetero) is 1. The van der Waals surface area contributed by atoms with Crippen LogP contribution in [0.25, 0.3) is 0 Å². The number of carbonyl (C=O) groups is 2. The summed E-state index contributed by atoms with van der Waals surface area (Å²) in [4.78, 5) is 28.3. The van der Waals surface area contributed by atoms with Gasteiger partial charge in [-0.2, -0.15) is 5.10 Å². The van der Waals surface area contributed by atoms with Gasteiger partial charge in [-0.25, -0.2) is 0 Å². The van der Waals surface area contributed by atoms with Crippen molar-refractivity contribution in [2.24, 2.45) is 22.7 Å². The van der Waals surface area contributed by atoms with Crippen LogP contribution in [0, 0.1) is 17.2 Å². The number of para-hydroxylation sites is 1. The number of nitrogens with zero attached hydrogens (tertiary/aromatic N) is 3. The number of fused-ring (bicyclic) bond motifs is 1. The van der Waals surface area contributed by atoms with E-state index in [0.717, 1.165) is 26.2 Å². The summed E-state index contributed by atoms with van der Waals surface area (Å²) in [6.07, 6.45) is -0.106. The van der Waals surface area contributed by atoms with Crippen LogP contribution in [0.1, 0.15) is 27.2 Å². The van der Waals surface area contributed by atoms with Gasteiger partial charge >= 0.3 is 5.97 Å². The average molecular weight is 429 g/mol. The Morgan fingerprint density at radius 3 is 2.35 bits per heavy atom. The van der Waals surface area contributed by atoms with Crippen molar-refractivity contribution in [3.8, 4) is 0 Å². The van der Waals surface area contributed by atoms with E-state index in [0.29, 0.717) is 11.8 Å². The van der Waals surface area contributed by atoms with Crippen LogP contribution in [-0.2, 0) is 14.3 Å². The molecule has 0 bridgehead atoms. The van der Waals surface area contributed by atoms with Gasteiger partial charge in [0.05, 0.1) is 6.42 Å². The third kappa shape index (κ3) is 6.19. The zero-order chi connectivity index (χ0) is 22.6. The Bertz CT molecular complexity index is 835. The summed E-state index contributed by atoms with van der Waals surface area (Å²) in [6, 6.07) is 10.4. The van der Waals surface area contributed by atoms with Crippen LogP contribution < -0.4 is 16.1 Å². The number of hydrogen-bond donors (Lipinski definition) is 3. The fourth-order valence-electron chi connectivity index (χ4n) is 4.05. The molecule has 31 heavy (non-hydrogen) atoms. The van der Waals surface area contributed by atoms with E-state index < -0.39 is 17.4 Å². The van der Waals surface area contributed by atoms with Crippen LogP contribution in [0.15, 0.2) is 35.4 Å². The highest BCUT2D eigenvalue weighted by Crippen LogP contribution is 2.34. The summed E-state index contributed by atoms with van der Waals surface area (Å²) < 4.78 is 5.14. The van der Waals surface area contributed by atoms with E-state index in [-0.39, 0.29) is 24.6 Å². The normalized spacial score (nSPS) is 21.1. The molecule has 2 unspecified atom stereocenters. The first-order valence-electron chi connectivity index (χ1n) is 10.6. The zero-order valence-corrected chi connectivity index (χ0v) is 18.4. The molecule has 2 fully saturated rings. The summed E-state index contributed by atoms with van der Waals surface area (Å²) in [5, 5.41) is 12.1. The van der Waals surface area contributed by atoms with Crippen molar-refractivity contribution in [3.05, 3.63) is 30.3 Å². The second-order valence-corrected chi connectivity index (χ2v) is 9.13. The number of hydrogen-bond acceptors (Lipinski definition) is 7. The molecular weight excluding hydrogens is 396 g/mol. The van der Waals surface area contributed by atoms with E-state index in [1.165, 1.54) is 5.69 Å². The van der Waals surface area contributed by atoms with Gasteiger partial charge < -0.3 is 20.3 Å². The molecule has 0 aromatic heterocycles. The Morgan fingerprint density at radius 1 is 1.16 bits per heavy atom. The number of amidine groups is 2. The number of ether oxygens (including phenoxy) is 1. The third-order valence-corrected chi connectivity index (χ3v) is 5.45. The van der Waals surface area contributed by atoms with Gasteiger partial charge in [-0.3, -0.25) is 20.4 Å². The summed E-state index contributed by atoms with van der Waals surface area (Å²) >= 11 is 0. The Hall–Kier alpha value is -3.10. The van der Waals surface area contributed by atoms with Crippen LogP contribution in [0.5, 0.6) is 0 Å². The van der Waals surface area contributed by atoms with Crippen LogP contribution in [-0.4, -0.2) is 66.6 Å². The Balaban J connectivity index is 1.43. The summed E-state index contributed by atoms with van der Waals surface area (Å²) in [5.41, 5.74) is 8.82. The van der Waals surface area contributed by atoms with Crippen molar-refractivity contribution in [2.45, 2.75) is 32.8 Å². The number of anilines is 1. The topological polar surface area (TPSA) is 124 Å². The molecule has 2 heterocycles. The maximum absolute atomic E-state index is 12.3. The highest BCUT2D eigenvalue weighted by atomic mass is 16.6. The monoisotopic (exact) mass is 428 g/mol. The van der Waals surface area contributed by atoms with Crippen LogP contribution in [0.3, 0.4) is 0 Å². The fraction of sp³-hybridized carbons (Fsp3) is 0.545. The maximum atomic E-state index is 12.3. The van der Waals surface area contributed by atoms with Crippen LogP contribution in [0.2, 0.25) is 0 Å². The van der Waals surface area contributed by atoms with Crippen molar-refractivity contribution in [1.82, 2.24) is 10.3 Å². The van der Waals surface area contributed by atoms with E-state index in [2.05, 4.69) is 27.6 Å². The third-order valence-electron chi connectivity index (χ3n) is 5.45. The average Bonchev–Trinajstić information content (AvgIpc) is 3.26. The molecule has 2 atom stereocenters. The molecule has 9 nitrogen and oxygen atoms in total. The van der Waals surface area contributed by atoms with Gasteiger partial charge in [-0.05, 0) is 32.9 Å². The van der Waals surface area contributed by atoms with E-state index in [9.17, 15) is 9.59 Å². The number of benzene rings is 1. The number of rotatable bonds is 7. The quantitative estimate of drug-likeness (QED) is 0.258. The van der Waals surface area contributed by atoms with Crippen molar-refractivity contribution in [2.75, 3.05) is 37.6 Å². The molecule has 2 saturated heterocycles. The van der Waals surface area contributed by atoms with Crippen molar-refractivity contribution in [3.63, 3.8) is 0 Å². The van der Waals surface area contributed by atoms with E-state index in [4.69, 9.17) is 15.9 Å². The highest BCUT2D eigenvalue weighted by Gasteiger charge is 2.41. The predicted molar refractivity (Wildman–Crippen MR) is 120 cm³/mol. The molecule has 168 valence electrons. The Labute approximate surface area is 183 Å². The first-order valence-corrected chi connectivity index (χ1v) is 10.6. The van der Waals surface area contributed by atoms with Crippen molar-refractivity contribution >= 4 is 29.1 Å². The lowest BCUT2D eigenvalue weighted by Crippen LogP contribution is -2.37. The van der Waals surface area contributed by atoms with Gasteiger partial charge in [0.1, 0.15) is 18.0 Å². The summed E-state index contributed by atoms with van der Waals surface area (Å²) in [5.74, 6) is 0.0512. The predicted octanol–water partition coefficient (Wildman–Crippen LogP) is 1.19. The standard InChI is InChI=1S/C22H32N6O3/c1-22(2,3)31-20(30)10-25-26-21(24)18(29)9-19(23)28-13-15-11-27(12-16(15)14-28)17-7-5-4-6-8-17/h4-8,15-16,23,25H,9-14H2,1-3H3,(H2,24,26). The minimum atomic E-state index is -0.592. The largest absolute Gasteiger partial charge is 0.459 e. The molecule has 2 aliphatic rings.